The van der Waals surface area contributed by atoms with Crippen molar-refractivity contribution >= 4 is 34.5 Å². The second kappa shape index (κ2) is 9.99. The van der Waals surface area contributed by atoms with Crippen LogP contribution >= 0.6 is 0 Å². The molecule has 4 aromatic rings. The quantitative estimate of drug-likeness (QED) is 0.229. The van der Waals surface area contributed by atoms with Gasteiger partial charge in [0, 0.05) is 0 Å². The first kappa shape index (κ1) is 22.1. The van der Waals surface area contributed by atoms with Gasteiger partial charge < -0.3 is 0 Å². The Morgan fingerprint density at radius 2 is 1.12 bits per heavy atom. The molecule has 0 bridgehead atoms. The Kier molecular flexibility index (Phi) is 6.89. The maximum absolute atomic E-state index is 2.40. The highest BCUT2D eigenvalue weighted by Gasteiger charge is 2.16. The van der Waals surface area contributed by atoms with Gasteiger partial charge in [-0.2, -0.15) is 0 Å². The number of rotatable bonds is 9. The van der Waals surface area contributed by atoms with Crippen LogP contribution in [0.5, 0.6) is 0 Å². The Morgan fingerprint density at radius 1 is 0.688 bits per heavy atom. The van der Waals surface area contributed by atoms with Crippen LogP contribution < -0.4 is 9.13 Å². The lowest BCUT2D eigenvalue weighted by Crippen LogP contribution is -2.35. The van der Waals surface area contributed by atoms with Crippen LogP contribution in [0.2, 0.25) is 0 Å². The van der Waals surface area contributed by atoms with Gasteiger partial charge in [-0.05, 0) is 87.1 Å². The summed E-state index contributed by atoms with van der Waals surface area (Å²) in [4.78, 5) is 0. The predicted octanol–water partition coefficient (Wildman–Crippen LogP) is 6.03. The van der Waals surface area contributed by atoms with Crippen LogP contribution in [0.25, 0.3) is 34.5 Å². The monoisotopic (exact) mass is 428 g/mol. The fraction of sp³-hybridized carbons (Fsp3) is 0.357. The SMILES string of the molecule is CC/C=C/n1c[n+](CCCC[n+]2cn(/C=C/CC)c3cc(C)ccc32)c2ccc(C)cc21. The van der Waals surface area contributed by atoms with Crippen LogP contribution in [0.15, 0.2) is 61.2 Å². The van der Waals surface area contributed by atoms with E-state index in [0.717, 1.165) is 38.8 Å². The van der Waals surface area contributed by atoms with E-state index in [9.17, 15) is 0 Å². The largest absolute Gasteiger partial charge is 0.249 e. The summed E-state index contributed by atoms with van der Waals surface area (Å²) in [6, 6.07) is 13.5. The molecule has 0 spiro atoms. The Bertz CT molecular complexity index is 1170. The summed E-state index contributed by atoms with van der Waals surface area (Å²) in [5, 5.41) is 0. The van der Waals surface area contributed by atoms with Crippen molar-refractivity contribution in [3.8, 4) is 0 Å². The van der Waals surface area contributed by atoms with Gasteiger partial charge in [-0.1, -0.05) is 26.0 Å². The van der Waals surface area contributed by atoms with E-state index in [1.165, 1.54) is 33.2 Å². The van der Waals surface area contributed by atoms with Crippen LogP contribution in [0.3, 0.4) is 0 Å². The van der Waals surface area contributed by atoms with Gasteiger partial charge in [0.1, 0.15) is 0 Å². The molecule has 2 aromatic carbocycles. The van der Waals surface area contributed by atoms with Crippen molar-refractivity contribution in [2.75, 3.05) is 0 Å². The topological polar surface area (TPSA) is 17.6 Å². The van der Waals surface area contributed by atoms with Crippen molar-refractivity contribution in [3.63, 3.8) is 0 Å². The third-order valence-electron chi connectivity index (χ3n) is 6.02. The molecule has 0 unspecified atom stereocenters. The minimum absolute atomic E-state index is 1.03. The molecular formula is C28H36N4+2. The van der Waals surface area contributed by atoms with Crippen molar-refractivity contribution in [1.82, 2.24) is 9.13 Å². The molecule has 0 radical (unpaired) electrons. The Morgan fingerprint density at radius 3 is 1.53 bits per heavy atom. The van der Waals surface area contributed by atoms with Crippen LogP contribution in [0.1, 0.15) is 50.7 Å². The summed E-state index contributed by atoms with van der Waals surface area (Å²) in [7, 11) is 0. The smallest absolute Gasteiger partial charge is 0.230 e. The molecule has 32 heavy (non-hydrogen) atoms. The Labute approximate surface area is 191 Å². The van der Waals surface area contributed by atoms with E-state index in [4.69, 9.17) is 0 Å². The average Bonchev–Trinajstić information content (AvgIpc) is 3.31. The van der Waals surface area contributed by atoms with Gasteiger partial charge >= 0.3 is 0 Å². The van der Waals surface area contributed by atoms with Gasteiger partial charge in [0.25, 0.3) is 0 Å². The molecule has 0 fully saturated rings. The molecule has 4 heteroatoms. The zero-order chi connectivity index (χ0) is 22.5. The molecule has 0 atom stereocenters. The second-order valence-corrected chi connectivity index (χ2v) is 8.71. The number of benzene rings is 2. The molecule has 2 aromatic heterocycles. The van der Waals surface area contributed by atoms with E-state index in [-0.39, 0.29) is 0 Å². The summed E-state index contributed by atoms with van der Waals surface area (Å²) in [5.74, 6) is 0. The molecule has 0 aliphatic rings. The van der Waals surface area contributed by atoms with E-state index in [2.05, 4.69) is 120 Å². The van der Waals surface area contributed by atoms with Gasteiger partial charge in [-0.25, -0.2) is 18.3 Å². The molecule has 0 N–H and O–H groups in total. The minimum atomic E-state index is 1.03. The molecular weight excluding hydrogens is 392 g/mol. The number of allylic oxidation sites excluding steroid dienone is 2. The summed E-state index contributed by atoms with van der Waals surface area (Å²) in [5.41, 5.74) is 7.78. The number of imidazole rings is 2. The third kappa shape index (κ3) is 4.69. The molecule has 0 aliphatic carbocycles. The van der Waals surface area contributed by atoms with Crippen LogP contribution in [-0.2, 0) is 13.1 Å². The van der Waals surface area contributed by atoms with Crippen LogP contribution in [0, 0.1) is 13.8 Å². The number of hydrogen-bond donors (Lipinski definition) is 0. The lowest BCUT2D eigenvalue weighted by molar-refractivity contribution is -0.683. The number of aromatic nitrogens is 4. The first-order valence-electron chi connectivity index (χ1n) is 11.9. The molecule has 0 saturated carbocycles. The molecule has 0 amide bonds. The fourth-order valence-corrected chi connectivity index (χ4v) is 4.31. The molecule has 0 aliphatic heterocycles. The highest BCUT2D eigenvalue weighted by molar-refractivity contribution is 5.75. The van der Waals surface area contributed by atoms with Crippen LogP contribution in [-0.4, -0.2) is 9.13 Å². The lowest BCUT2D eigenvalue weighted by Gasteiger charge is -2.00. The van der Waals surface area contributed by atoms with Crippen molar-refractivity contribution in [2.24, 2.45) is 0 Å². The standard InChI is InChI=1S/C28H36N4/c1-5-7-15-31-21-29(25-13-11-23(3)19-27(25)31)17-9-10-18-30-22-32(16-8-6-2)28-20-24(4)12-14-26(28)30/h7-8,11-16,19-22H,5-6,9-10,17-18H2,1-4H3/q+2/b15-7+,16-8+. The van der Waals surface area contributed by atoms with Crippen molar-refractivity contribution in [3.05, 3.63) is 72.3 Å². The number of hydrogen-bond acceptors (Lipinski definition) is 0. The first-order valence-corrected chi connectivity index (χ1v) is 11.9. The number of aryl methyl sites for hydroxylation is 4. The predicted molar refractivity (Wildman–Crippen MR) is 134 cm³/mol. The van der Waals surface area contributed by atoms with E-state index >= 15 is 0 Å². The highest BCUT2D eigenvalue weighted by atomic mass is 15.1. The van der Waals surface area contributed by atoms with Gasteiger partial charge in [0.05, 0.1) is 25.5 Å². The molecule has 4 nitrogen and oxygen atoms in total. The zero-order valence-corrected chi connectivity index (χ0v) is 20.0. The molecule has 0 saturated heterocycles. The van der Waals surface area contributed by atoms with Gasteiger partial charge in [-0.3, -0.25) is 0 Å². The number of nitrogens with zero attached hydrogens (tertiary/aromatic N) is 4. The van der Waals surface area contributed by atoms with Crippen LogP contribution in [0.4, 0.5) is 0 Å². The van der Waals surface area contributed by atoms with Gasteiger partial charge in [0.2, 0.25) is 12.7 Å². The minimum Gasteiger partial charge on any atom is -0.230 e. The number of unbranched alkanes of at least 4 members (excludes halogenated alkanes) is 1. The Hall–Kier alpha value is -3.14. The lowest BCUT2D eigenvalue weighted by atomic mass is 10.2. The molecule has 2 heterocycles. The fourth-order valence-electron chi connectivity index (χ4n) is 4.31. The zero-order valence-electron chi connectivity index (χ0n) is 20.0. The van der Waals surface area contributed by atoms with E-state index in [1.807, 2.05) is 0 Å². The van der Waals surface area contributed by atoms with E-state index in [0.29, 0.717) is 0 Å². The normalized spacial score (nSPS) is 12.2. The van der Waals surface area contributed by atoms with Crippen molar-refractivity contribution < 1.29 is 9.13 Å². The third-order valence-corrected chi connectivity index (χ3v) is 6.02. The summed E-state index contributed by atoms with van der Waals surface area (Å²) in [6.45, 7) is 10.7. The first-order chi connectivity index (χ1) is 15.6. The van der Waals surface area contributed by atoms with Gasteiger partial charge in [0.15, 0.2) is 22.1 Å². The summed E-state index contributed by atoms with van der Waals surface area (Å²) in [6.07, 6.45) is 17.7. The van der Waals surface area contributed by atoms with Crippen molar-refractivity contribution in [1.29, 1.82) is 0 Å². The summed E-state index contributed by atoms with van der Waals surface area (Å²) < 4.78 is 9.32. The maximum Gasteiger partial charge on any atom is 0.249 e. The van der Waals surface area contributed by atoms with E-state index < -0.39 is 0 Å². The Balaban J connectivity index is 1.49. The van der Waals surface area contributed by atoms with E-state index in [1.54, 1.807) is 0 Å². The highest BCUT2D eigenvalue weighted by Crippen LogP contribution is 2.16. The average molecular weight is 429 g/mol. The van der Waals surface area contributed by atoms with Crippen molar-refractivity contribution in [2.45, 2.75) is 66.5 Å². The second-order valence-electron chi connectivity index (χ2n) is 8.71. The number of fused-ring (bicyclic) bond motifs is 2. The maximum atomic E-state index is 2.40. The molecule has 4 rings (SSSR count). The summed E-state index contributed by atoms with van der Waals surface area (Å²) >= 11 is 0. The van der Waals surface area contributed by atoms with Gasteiger partial charge in [-0.15, -0.1) is 0 Å². The molecule has 166 valence electrons.